The van der Waals surface area contributed by atoms with Gasteiger partial charge < -0.3 is 18.0 Å². The van der Waals surface area contributed by atoms with Crippen LogP contribution in [0.2, 0.25) is 0 Å². The summed E-state index contributed by atoms with van der Waals surface area (Å²) < 4.78 is 25.1. The number of hydrogen-bond acceptors (Lipinski definition) is 4. The maximum atomic E-state index is 6.29. The molecule has 0 aromatic rings. The topological polar surface area (TPSA) is 36.9 Å². The molecule has 126 valence electrons. The number of hydrogen-bond donors (Lipinski definition) is 0. The Kier molecular flexibility index (Phi) is 9.05. The average molecular weight is 319 g/mol. The van der Waals surface area contributed by atoms with E-state index in [4.69, 9.17) is 18.0 Å². The molecule has 1 aliphatic rings. The fourth-order valence-electron chi connectivity index (χ4n) is 2.82. The van der Waals surface area contributed by atoms with E-state index in [1.54, 1.807) is 0 Å². The van der Waals surface area contributed by atoms with Crippen molar-refractivity contribution in [2.75, 3.05) is 26.4 Å². The highest BCUT2D eigenvalue weighted by Gasteiger charge is 2.62. The van der Waals surface area contributed by atoms with Gasteiger partial charge in [-0.25, -0.2) is 0 Å². The molecule has 0 radical (unpaired) electrons. The first kappa shape index (κ1) is 19.1. The molecular weight excluding hydrogens is 284 g/mol. The predicted molar refractivity (Wildman–Crippen MR) is 87.3 cm³/mol. The lowest BCUT2D eigenvalue weighted by Crippen LogP contribution is -2.67. The minimum atomic E-state index is -2.83. The lowest BCUT2D eigenvalue weighted by Gasteiger charge is -2.46. The SMILES string of the molecule is CCCO[Si](OCCC)(OCCC)C1(CC)CCCCO1. The van der Waals surface area contributed by atoms with Crippen LogP contribution in [0.5, 0.6) is 0 Å². The van der Waals surface area contributed by atoms with E-state index in [2.05, 4.69) is 27.7 Å². The molecule has 0 aliphatic carbocycles. The molecule has 0 aromatic heterocycles. The lowest BCUT2D eigenvalue weighted by atomic mass is 10.1. The monoisotopic (exact) mass is 318 g/mol. The minimum Gasteiger partial charge on any atom is -0.372 e. The molecule has 5 heteroatoms. The van der Waals surface area contributed by atoms with Crippen molar-refractivity contribution < 1.29 is 18.0 Å². The van der Waals surface area contributed by atoms with Crippen molar-refractivity contribution in [1.29, 1.82) is 0 Å². The molecule has 1 rings (SSSR count). The van der Waals surface area contributed by atoms with E-state index in [0.29, 0.717) is 19.8 Å². The normalized spacial score (nSPS) is 23.4. The Labute approximate surface area is 131 Å². The van der Waals surface area contributed by atoms with E-state index in [1.807, 2.05) is 0 Å². The minimum absolute atomic E-state index is 0.342. The van der Waals surface area contributed by atoms with E-state index in [-0.39, 0.29) is 5.22 Å². The fraction of sp³-hybridized carbons (Fsp3) is 1.00. The third kappa shape index (κ3) is 4.76. The molecule has 1 heterocycles. The van der Waals surface area contributed by atoms with Crippen LogP contribution in [0.25, 0.3) is 0 Å². The van der Waals surface area contributed by atoms with Crippen molar-refractivity contribution in [1.82, 2.24) is 0 Å². The highest BCUT2D eigenvalue weighted by atomic mass is 28.4. The van der Waals surface area contributed by atoms with Crippen LogP contribution in [0, 0.1) is 0 Å². The Morgan fingerprint density at radius 3 is 1.71 bits per heavy atom. The second-order valence-electron chi connectivity index (χ2n) is 5.75. The standard InChI is InChI=1S/C16H34O4Si/c1-5-12-18-21(19-13-6-2,20-14-7-3)16(8-4)11-9-10-15-17-16/h5-15H2,1-4H3. The molecule has 0 N–H and O–H groups in total. The van der Waals surface area contributed by atoms with Crippen LogP contribution < -0.4 is 0 Å². The molecule has 21 heavy (non-hydrogen) atoms. The molecule has 1 aliphatic heterocycles. The van der Waals surface area contributed by atoms with Crippen LogP contribution in [0.1, 0.15) is 72.6 Å². The quantitative estimate of drug-likeness (QED) is 0.538. The summed E-state index contributed by atoms with van der Waals surface area (Å²) in [6, 6.07) is 0. The summed E-state index contributed by atoms with van der Waals surface area (Å²) in [6.45, 7) is 11.4. The van der Waals surface area contributed by atoms with Crippen LogP contribution >= 0.6 is 0 Å². The molecule has 0 saturated carbocycles. The molecule has 0 aromatic carbocycles. The van der Waals surface area contributed by atoms with Crippen LogP contribution in [-0.2, 0) is 18.0 Å². The predicted octanol–water partition coefficient (Wildman–Crippen LogP) is 4.09. The van der Waals surface area contributed by atoms with Gasteiger partial charge in [0.15, 0.2) is 0 Å². The van der Waals surface area contributed by atoms with E-state index < -0.39 is 8.80 Å². The summed E-state index contributed by atoms with van der Waals surface area (Å²) in [4.78, 5) is 0. The maximum absolute atomic E-state index is 6.29. The Morgan fingerprint density at radius 2 is 1.38 bits per heavy atom. The zero-order valence-electron chi connectivity index (χ0n) is 14.4. The summed E-state index contributed by atoms with van der Waals surface area (Å²) in [6.07, 6.45) is 7.10. The molecule has 1 saturated heterocycles. The lowest BCUT2D eigenvalue weighted by molar-refractivity contribution is -0.0979. The van der Waals surface area contributed by atoms with Gasteiger partial charge in [-0.05, 0) is 44.9 Å². The summed E-state index contributed by atoms with van der Waals surface area (Å²) in [5.74, 6) is 0. The Bertz CT molecular complexity index is 245. The summed E-state index contributed by atoms with van der Waals surface area (Å²) in [5.41, 5.74) is 0. The van der Waals surface area contributed by atoms with Crippen LogP contribution in [0.15, 0.2) is 0 Å². The smallest absolute Gasteiger partial charge is 0.372 e. The first-order valence-corrected chi connectivity index (χ1v) is 10.5. The van der Waals surface area contributed by atoms with E-state index >= 15 is 0 Å². The summed E-state index contributed by atoms with van der Waals surface area (Å²) in [7, 11) is -2.83. The highest BCUT2D eigenvalue weighted by Crippen LogP contribution is 2.39. The van der Waals surface area contributed by atoms with Gasteiger partial charge in [0.05, 0.1) is 0 Å². The summed E-state index contributed by atoms with van der Waals surface area (Å²) >= 11 is 0. The maximum Gasteiger partial charge on any atom is 0.534 e. The molecule has 0 amide bonds. The zero-order chi connectivity index (χ0) is 15.6. The largest absolute Gasteiger partial charge is 0.534 e. The Hall–Kier alpha value is 0.0569. The van der Waals surface area contributed by atoms with Gasteiger partial charge in [0.2, 0.25) is 0 Å². The first-order valence-electron chi connectivity index (χ1n) is 8.76. The molecule has 1 unspecified atom stereocenters. The third-order valence-corrected chi connectivity index (χ3v) is 7.59. The zero-order valence-corrected chi connectivity index (χ0v) is 15.4. The van der Waals surface area contributed by atoms with Gasteiger partial charge in [-0.15, -0.1) is 0 Å². The molecular formula is C16H34O4Si. The van der Waals surface area contributed by atoms with Crippen molar-refractivity contribution in [3.05, 3.63) is 0 Å². The number of ether oxygens (including phenoxy) is 1. The van der Waals surface area contributed by atoms with Crippen molar-refractivity contribution >= 4 is 8.80 Å². The van der Waals surface area contributed by atoms with Crippen molar-refractivity contribution in [3.63, 3.8) is 0 Å². The summed E-state index contributed by atoms with van der Waals surface area (Å²) in [5, 5.41) is -0.342. The molecule has 1 fully saturated rings. The van der Waals surface area contributed by atoms with Gasteiger partial charge in [0.1, 0.15) is 5.22 Å². The van der Waals surface area contributed by atoms with Gasteiger partial charge in [0.25, 0.3) is 0 Å². The van der Waals surface area contributed by atoms with Gasteiger partial charge in [-0.1, -0.05) is 27.7 Å². The van der Waals surface area contributed by atoms with Crippen molar-refractivity contribution in [3.8, 4) is 0 Å². The van der Waals surface area contributed by atoms with Gasteiger partial charge in [-0.3, -0.25) is 0 Å². The van der Waals surface area contributed by atoms with Crippen LogP contribution in [-0.4, -0.2) is 40.5 Å². The second-order valence-corrected chi connectivity index (χ2v) is 8.64. The highest BCUT2D eigenvalue weighted by molar-refractivity contribution is 6.64. The van der Waals surface area contributed by atoms with Crippen molar-refractivity contribution in [2.24, 2.45) is 0 Å². The van der Waals surface area contributed by atoms with Crippen LogP contribution in [0.3, 0.4) is 0 Å². The number of rotatable bonds is 11. The Morgan fingerprint density at radius 1 is 0.857 bits per heavy atom. The molecule has 1 atom stereocenters. The van der Waals surface area contributed by atoms with E-state index in [1.165, 1.54) is 6.42 Å². The molecule has 4 nitrogen and oxygen atoms in total. The van der Waals surface area contributed by atoms with Gasteiger partial charge in [0, 0.05) is 26.4 Å². The van der Waals surface area contributed by atoms with Gasteiger partial charge >= 0.3 is 8.80 Å². The molecule has 0 bridgehead atoms. The second kappa shape index (κ2) is 9.95. The third-order valence-electron chi connectivity index (χ3n) is 3.97. The van der Waals surface area contributed by atoms with Crippen LogP contribution in [0.4, 0.5) is 0 Å². The Balaban J connectivity index is 3.01. The average Bonchev–Trinajstić information content (AvgIpc) is 2.55. The van der Waals surface area contributed by atoms with Crippen molar-refractivity contribution in [2.45, 2.75) is 77.9 Å². The van der Waals surface area contributed by atoms with E-state index in [9.17, 15) is 0 Å². The van der Waals surface area contributed by atoms with E-state index in [0.717, 1.165) is 45.1 Å². The fourth-order valence-corrected chi connectivity index (χ4v) is 6.47. The van der Waals surface area contributed by atoms with Gasteiger partial charge in [-0.2, -0.15) is 0 Å². The first-order chi connectivity index (χ1) is 10.2. The molecule has 0 spiro atoms.